The summed E-state index contributed by atoms with van der Waals surface area (Å²) in [6, 6.07) is 0. The molecule has 0 saturated carbocycles. The Morgan fingerprint density at radius 1 is 0.943 bits per heavy atom. The molecular formula is C33H44Cl2N6O11S. The molecule has 53 heavy (non-hydrogen) atoms. The molecule has 1 aliphatic rings. The van der Waals surface area contributed by atoms with Gasteiger partial charge in [0.2, 0.25) is 5.28 Å². The number of aromatic nitrogens is 5. The normalized spacial score (nSPS) is 19.8. The average molecular weight is 804 g/mol. The Morgan fingerprint density at radius 3 is 2.08 bits per heavy atom. The molecule has 2 amide bonds. The lowest BCUT2D eigenvalue weighted by molar-refractivity contribution is -0.161. The summed E-state index contributed by atoms with van der Waals surface area (Å²) < 4.78 is 41.6. The van der Waals surface area contributed by atoms with Crippen molar-refractivity contribution in [3.8, 4) is 0 Å². The van der Waals surface area contributed by atoms with E-state index in [2.05, 4.69) is 19.9 Å². The first-order chi connectivity index (χ1) is 24.5. The van der Waals surface area contributed by atoms with Gasteiger partial charge in [0.1, 0.15) is 16.8 Å². The van der Waals surface area contributed by atoms with E-state index in [1.807, 2.05) is 0 Å². The topological polar surface area (TPSA) is 193 Å². The number of thiazole rings is 1. The van der Waals surface area contributed by atoms with Gasteiger partial charge >= 0.3 is 24.3 Å². The molecule has 1 saturated heterocycles. The van der Waals surface area contributed by atoms with E-state index in [9.17, 15) is 19.2 Å². The molecule has 20 heteroatoms. The number of amides is 2. The van der Waals surface area contributed by atoms with E-state index in [1.165, 1.54) is 10.9 Å². The number of hydrogen-bond donors (Lipinski definition) is 0. The lowest BCUT2D eigenvalue weighted by Gasteiger charge is -2.28. The van der Waals surface area contributed by atoms with Gasteiger partial charge in [0.15, 0.2) is 39.9 Å². The lowest BCUT2D eigenvalue weighted by Crippen LogP contribution is -2.44. The number of hydrogen-bond acceptors (Lipinski definition) is 16. The number of carbonyl (C=O) groups excluding carboxylic acids is 4. The van der Waals surface area contributed by atoms with Crippen LogP contribution in [-0.4, -0.2) is 91.0 Å². The van der Waals surface area contributed by atoms with Crippen molar-refractivity contribution in [1.29, 1.82) is 0 Å². The maximum Gasteiger partial charge on any atom is 0.509 e. The first kappa shape index (κ1) is 41.9. The van der Waals surface area contributed by atoms with Crippen molar-refractivity contribution in [1.82, 2.24) is 24.5 Å². The number of anilines is 1. The Kier molecular flexibility index (Phi) is 12.9. The maximum absolute atomic E-state index is 13.5. The highest BCUT2D eigenvalue weighted by molar-refractivity contribution is 7.14. The number of fused-ring (bicyclic) bond motifs is 1. The zero-order valence-electron chi connectivity index (χ0n) is 31.3. The molecule has 0 spiro atoms. The molecule has 0 radical (unpaired) electrons. The van der Waals surface area contributed by atoms with E-state index in [4.69, 9.17) is 56.4 Å². The van der Waals surface area contributed by atoms with E-state index in [-0.39, 0.29) is 45.6 Å². The van der Waals surface area contributed by atoms with Crippen molar-refractivity contribution in [2.24, 2.45) is 5.92 Å². The minimum atomic E-state index is -1.23. The number of rotatable bonds is 9. The number of imidazole rings is 1. The Bertz CT molecular complexity index is 1790. The summed E-state index contributed by atoms with van der Waals surface area (Å²) in [5.41, 5.74) is -2.73. The Balaban J connectivity index is 1.77. The molecule has 1 aliphatic heterocycles. The second kappa shape index (κ2) is 16.3. The van der Waals surface area contributed by atoms with Crippen LogP contribution in [0.15, 0.2) is 11.7 Å². The van der Waals surface area contributed by atoms with Crippen LogP contribution in [0.4, 0.5) is 20.2 Å². The second-order valence-corrected chi connectivity index (χ2v) is 16.7. The minimum Gasteiger partial charge on any atom is -0.464 e. The fourth-order valence-corrected chi connectivity index (χ4v) is 5.91. The molecule has 17 nitrogen and oxygen atoms in total. The lowest BCUT2D eigenvalue weighted by atomic mass is 10.0. The molecule has 4 heterocycles. The van der Waals surface area contributed by atoms with E-state index >= 15 is 0 Å². The van der Waals surface area contributed by atoms with Crippen LogP contribution >= 0.6 is 34.5 Å². The molecule has 0 bridgehead atoms. The van der Waals surface area contributed by atoms with Crippen LogP contribution in [0, 0.1) is 5.92 Å². The third-order valence-electron chi connectivity index (χ3n) is 7.03. The Morgan fingerprint density at radius 2 is 1.55 bits per heavy atom. The smallest absolute Gasteiger partial charge is 0.464 e. The Labute approximate surface area is 320 Å². The second-order valence-electron chi connectivity index (χ2n) is 14.9. The molecule has 3 aromatic heterocycles. The zero-order chi connectivity index (χ0) is 39.6. The van der Waals surface area contributed by atoms with E-state index in [1.54, 1.807) is 81.5 Å². The highest BCUT2D eigenvalue weighted by atomic mass is 35.5. The average Bonchev–Trinajstić information content (AvgIpc) is 3.68. The fraction of sp³-hybridized carbons (Fsp3) is 0.636. The van der Waals surface area contributed by atoms with Gasteiger partial charge in [0, 0.05) is 11.3 Å². The van der Waals surface area contributed by atoms with Crippen LogP contribution in [-0.2, 0) is 38.0 Å². The van der Waals surface area contributed by atoms with E-state index in [0.29, 0.717) is 4.90 Å². The standard InChI is InChI=1S/C33H44Cl2N6O11S/c1-12-46-25(42)21(17-14-53-27(35)37-17)47-13-18-16(2)20(49-30(45)52-33(9,10)11)24(48-18)40-15-36-19-22(40)38-26(34)39-23(19)41(28(43)50-31(3,4)5)29(44)51-32(6,7)8/h14-16,18,20-21,24H,12-13H2,1-11H3/t16-,18-,20-,21?,24-/m1/s1. The first-order valence-corrected chi connectivity index (χ1v) is 18.2. The third kappa shape index (κ3) is 10.9. The van der Waals surface area contributed by atoms with Crippen molar-refractivity contribution in [3.05, 3.63) is 27.2 Å². The van der Waals surface area contributed by atoms with Crippen molar-refractivity contribution >= 4 is 75.8 Å². The van der Waals surface area contributed by atoms with Crippen molar-refractivity contribution in [3.63, 3.8) is 0 Å². The van der Waals surface area contributed by atoms with Gasteiger partial charge in [-0.2, -0.15) is 14.9 Å². The van der Waals surface area contributed by atoms with Gasteiger partial charge in [-0.05, 0) is 80.8 Å². The van der Waals surface area contributed by atoms with Gasteiger partial charge in [-0.1, -0.05) is 18.5 Å². The van der Waals surface area contributed by atoms with Crippen molar-refractivity contribution in [2.75, 3.05) is 18.1 Å². The highest BCUT2D eigenvalue weighted by Crippen LogP contribution is 2.40. The van der Waals surface area contributed by atoms with Gasteiger partial charge < -0.3 is 33.2 Å². The molecule has 5 atom stereocenters. The molecule has 3 aromatic rings. The van der Waals surface area contributed by atoms with Crippen LogP contribution in [0.25, 0.3) is 11.2 Å². The predicted molar refractivity (Wildman–Crippen MR) is 192 cm³/mol. The summed E-state index contributed by atoms with van der Waals surface area (Å²) in [6.07, 6.45) is -6.15. The van der Waals surface area contributed by atoms with Gasteiger partial charge in [0.25, 0.3) is 0 Å². The highest BCUT2D eigenvalue weighted by Gasteiger charge is 2.48. The largest absolute Gasteiger partial charge is 0.509 e. The summed E-state index contributed by atoms with van der Waals surface area (Å²) in [5.74, 6) is -1.61. The molecule has 0 aromatic carbocycles. The molecule has 0 N–H and O–H groups in total. The number of ether oxygens (including phenoxy) is 7. The first-order valence-electron chi connectivity index (χ1n) is 16.6. The van der Waals surface area contributed by atoms with Crippen molar-refractivity contribution in [2.45, 2.75) is 118 Å². The summed E-state index contributed by atoms with van der Waals surface area (Å²) in [4.78, 5) is 70.6. The summed E-state index contributed by atoms with van der Waals surface area (Å²) >= 11 is 13.6. The molecule has 4 rings (SSSR count). The molecule has 292 valence electrons. The van der Waals surface area contributed by atoms with E-state index < -0.39 is 71.6 Å². The molecule has 1 fully saturated rings. The van der Waals surface area contributed by atoms with Crippen LogP contribution in [0.1, 0.15) is 94.2 Å². The predicted octanol–water partition coefficient (Wildman–Crippen LogP) is 7.44. The van der Waals surface area contributed by atoms with Crippen LogP contribution < -0.4 is 4.90 Å². The number of halogens is 2. The third-order valence-corrected chi connectivity index (χ3v) is 8.19. The minimum absolute atomic E-state index is 0.00445. The van der Waals surface area contributed by atoms with Gasteiger partial charge in [-0.3, -0.25) is 4.57 Å². The molecular weight excluding hydrogens is 759 g/mol. The maximum atomic E-state index is 13.5. The van der Waals surface area contributed by atoms with Crippen LogP contribution in [0.3, 0.4) is 0 Å². The van der Waals surface area contributed by atoms with Gasteiger partial charge in [-0.15, -0.1) is 11.3 Å². The number of esters is 1. The summed E-state index contributed by atoms with van der Waals surface area (Å²) in [5, 5.41) is 1.21. The van der Waals surface area contributed by atoms with Crippen LogP contribution in [0.2, 0.25) is 9.75 Å². The summed E-state index contributed by atoms with van der Waals surface area (Å²) in [6.45, 7) is 18.1. The monoisotopic (exact) mass is 802 g/mol. The van der Waals surface area contributed by atoms with E-state index in [0.717, 1.165) is 11.3 Å². The molecule has 0 aliphatic carbocycles. The number of carbonyl (C=O) groups is 4. The Hall–Kier alpha value is -3.84. The fourth-order valence-electron chi connectivity index (χ4n) is 4.96. The van der Waals surface area contributed by atoms with Gasteiger partial charge in [-0.25, -0.2) is 29.1 Å². The summed E-state index contributed by atoms with van der Waals surface area (Å²) in [7, 11) is 0. The number of imide groups is 1. The van der Waals surface area contributed by atoms with Crippen LogP contribution in [0.5, 0.6) is 0 Å². The molecule has 1 unspecified atom stereocenters. The van der Waals surface area contributed by atoms with Crippen molar-refractivity contribution < 1.29 is 52.3 Å². The number of nitrogens with zero attached hydrogens (tertiary/aromatic N) is 6. The quantitative estimate of drug-likeness (QED) is 0.118. The zero-order valence-corrected chi connectivity index (χ0v) is 33.6. The van der Waals surface area contributed by atoms with Gasteiger partial charge in [0.05, 0.1) is 31.3 Å². The SMILES string of the molecule is CCOC(=O)C(OC[C@H]1O[C@@H](n2cnc3c(N(C(=O)OC(C)(C)C)C(=O)OC(C)(C)C)nc(Cl)nc32)[C@H](OC(=O)OC(C)(C)C)[C@@H]1C)c1csc(Cl)n1.